The first-order valence-corrected chi connectivity index (χ1v) is 9.28. The van der Waals surface area contributed by atoms with Gasteiger partial charge in [-0.1, -0.05) is 23.3 Å². The molecule has 2 aliphatic rings. The summed E-state index contributed by atoms with van der Waals surface area (Å²) in [6.07, 6.45) is 6.64. The molecule has 2 aromatic heterocycles. The highest BCUT2D eigenvalue weighted by atomic mass is 16.4. The number of piperidine rings is 1. The molecule has 27 heavy (non-hydrogen) atoms. The van der Waals surface area contributed by atoms with E-state index < -0.39 is 0 Å². The van der Waals surface area contributed by atoms with Crippen molar-refractivity contribution in [2.24, 2.45) is 5.41 Å². The molecule has 0 radical (unpaired) electrons. The third kappa shape index (κ3) is 3.22. The lowest BCUT2D eigenvalue weighted by Gasteiger charge is -2.32. The Kier molecular flexibility index (Phi) is 3.77. The summed E-state index contributed by atoms with van der Waals surface area (Å²) in [4.78, 5) is 23.0. The average molecular weight is 364 g/mol. The van der Waals surface area contributed by atoms with Gasteiger partial charge in [-0.3, -0.25) is 4.79 Å². The van der Waals surface area contributed by atoms with Crippen LogP contribution in [0.4, 0.5) is 6.01 Å². The maximum atomic E-state index is 12.4. The van der Waals surface area contributed by atoms with E-state index in [1.807, 2.05) is 29.2 Å². The zero-order valence-corrected chi connectivity index (χ0v) is 14.9. The third-order valence-electron chi connectivity index (χ3n) is 5.63. The zero-order valence-electron chi connectivity index (χ0n) is 14.9. The molecule has 1 saturated carbocycles. The maximum Gasteiger partial charge on any atom is 0.316 e. The summed E-state index contributed by atoms with van der Waals surface area (Å²) in [5, 5.41) is 11.8. The van der Waals surface area contributed by atoms with Crippen molar-refractivity contribution in [3.05, 3.63) is 30.5 Å². The number of amides is 1. The topological polar surface area (TPSA) is 97.0 Å². The molecular weight excluding hydrogens is 344 g/mol. The van der Waals surface area contributed by atoms with E-state index in [2.05, 4.69) is 25.5 Å². The van der Waals surface area contributed by atoms with Gasteiger partial charge in [-0.25, -0.2) is 9.97 Å². The number of nitrogens with one attached hydrogen (secondary N) is 1. The van der Waals surface area contributed by atoms with Crippen LogP contribution in [0.25, 0.3) is 22.6 Å². The molecule has 3 heterocycles. The van der Waals surface area contributed by atoms with Crippen molar-refractivity contribution in [1.82, 2.24) is 25.1 Å². The van der Waals surface area contributed by atoms with Crippen molar-refractivity contribution in [3.8, 4) is 11.7 Å². The lowest BCUT2D eigenvalue weighted by Crippen LogP contribution is -2.41. The van der Waals surface area contributed by atoms with E-state index in [1.54, 1.807) is 6.20 Å². The molecule has 8 heteroatoms. The Morgan fingerprint density at radius 2 is 1.96 bits per heavy atom. The lowest BCUT2D eigenvalue weighted by atomic mass is 9.94. The molecular formula is C19H20N6O2. The molecule has 1 amide bonds. The van der Waals surface area contributed by atoms with Crippen molar-refractivity contribution < 1.29 is 9.21 Å². The van der Waals surface area contributed by atoms with Crippen LogP contribution in [0.15, 0.2) is 34.9 Å². The van der Waals surface area contributed by atoms with E-state index in [-0.39, 0.29) is 24.4 Å². The van der Waals surface area contributed by atoms with Gasteiger partial charge in [0.05, 0.1) is 12.1 Å². The van der Waals surface area contributed by atoms with Crippen LogP contribution < -0.4 is 5.32 Å². The van der Waals surface area contributed by atoms with Gasteiger partial charge < -0.3 is 14.6 Å². The molecule has 1 N–H and O–H groups in total. The monoisotopic (exact) mass is 364 g/mol. The maximum absolute atomic E-state index is 12.4. The van der Waals surface area contributed by atoms with Crippen LogP contribution in [-0.2, 0) is 4.79 Å². The minimum Gasteiger partial charge on any atom is -0.400 e. The third-order valence-corrected chi connectivity index (χ3v) is 5.63. The summed E-state index contributed by atoms with van der Waals surface area (Å²) in [6.45, 7) is 1.84. The number of anilines is 1. The number of carbonyl (C=O) groups excluding carboxylic acids is 1. The van der Waals surface area contributed by atoms with Gasteiger partial charge in [0, 0.05) is 24.7 Å². The van der Waals surface area contributed by atoms with E-state index in [9.17, 15) is 4.79 Å². The van der Waals surface area contributed by atoms with Crippen molar-refractivity contribution in [2.75, 3.05) is 25.0 Å². The summed E-state index contributed by atoms with van der Waals surface area (Å²) < 4.78 is 5.57. The molecule has 138 valence electrons. The van der Waals surface area contributed by atoms with Crippen LogP contribution in [0.2, 0.25) is 0 Å². The molecule has 0 bridgehead atoms. The van der Waals surface area contributed by atoms with Gasteiger partial charge in [0.1, 0.15) is 0 Å². The summed E-state index contributed by atoms with van der Waals surface area (Å²) in [6, 6.07) is 7.89. The van der Waals surface area contributed by atoms with Crippen LogP contribution in [0.5, 0.6) is 0 Å². The number of fused-ring (bicyclic) bond motifs is 1. The van der Waals surface area contributed by atoms with Gasteiger partial charge in [-0.2, -0.15) is 0 Å². The number of nitrogens with zero attached hydrogens (tertiary/aromatic N) is 5. The van der Waals surface area contributed by atoms with E-state index in [0.717, 1.165) is 36.8 Å². The molecule has 1 aliphatic carbocycles. The normalized spacial score (nSPS) is 18.0. The van der Waals surface area contributed by atoms with E-state index in [4.69, 9.17) is 4.42 Å². The summed E-state index contributed by atoms with van der Waals surface area (Å²) >= 11 is 0. The van der Waals surface area contributed by atoms with Gasteiger partial charge in [0.15, 0.2) is 0 Å². The SMILES string of the molecule is O=C(CNc1nnc(-c2ncc3ccccc3n2)o1)N1CCC2(CC1)CC2. The molecule has 0 atom stereocenters. The largest absolute Gasteiger partial charge is 0.400 e. The second-order valence-corrected chi connectivity index (χ2v) is 7.40. The number of hydrogen-bond acceptors (Lipinski definition) is 7. The van der Waals surface area contributed by atoms with Gasteiger partial charge >= 0.3 is 6.01 Å². The Labute approximate surface area is 156 Å². The lowest BCUT2D eigenvalue weighted by molar-refractivity contribution is -0.130. The average Bonchev–Trinajstić information content (AvgIpc) is 3.29. The van der Waals surface area contributed by atoms with Crippen LogP contribution >= 0.6 is 0 Å². The quantitative estimate of drug-likeness (QED) is 0.759. The second kappa shape index (κ2) is 6.29. The van der Waals surface area contributed by atoms with Crippen molar-refractivity contribution in [2.45, 2.75) is 25.7 Å². The number of hydrogen-bond donors (Lipinski definition) is 1. The minimum absolute atomic E-state index is 0.0622. The fourth-order valence-corrected chi connectivity index (χ4v) is 3.63. The Hall–Kier alpha value is -3.03. The van der Waals surface area contributed by atoms with Crippen LogP contribution in [0, 0.1) is 5.41 Å². The molecule has 8 nitrogen and oxygen atoms in total. The Bertz CT molecular complexity index is 987. The van der Waals surface area contributed by atoms with Crippen LogP contribution in [0.1, 0.15) is 25.7 Å². The Morgan fingerprint density at radius 1 is 1.15 bits per heavy atom. The first-order valence-electron chi connectivity index (χ1n) is 9.28. The van der Waals surface area contributed by atoms with Gasteiger partial charge in [-0.15, -0.1) is 5.10 Å². The molecule has 1 saturated heterocycles. The van der Waals surface area contributed by atoms with Gasteiger partial charge in [0.25, 0.3) is 5.89 Å². The number of benzene rings is 1. The van der Waals surface area contributed by atoms with Crippen molar-refractivity contribution in [3.63, 3.8) is 0 Å². The predicted molar refractivity (Wildman–Crippen MR) is 98.8 cm³/mol. The second-order valence-electron chi connectivity index (χ2n) is 7.40. The van der Waals surface area contributed by atoms with Crippen molar-refractivity contribution >= 4 is 22.8 Å². The highest BCUT2D eigenvalue weighted by molar-refractivity contribution is 5.80. The highest BCUT2D eigenvalue weighted by Gasteiger charge is 2.44. The highest BCUT2D eigenvalue weighted by Crippen LogP contribution is 2.53. The summed E-state index contributed by atoms with van der Waals surface area (Å²) in [5.41, 5.74) is 1.37. The fraction of sp³-hybridized carbons (Fsp3) is 0.421. The molecule has 5 rings (SSSR count). The smallest absolute Gasteiger partial charge is 0.316 e. The minimum atomic E-state index is 0.0622. The van der Waals surface area contributed by atoms with Gasteiger partial charge in [0.2, 0.25) is 11.7 Å². The summed E-state index contributed by atoms with van der Waals surface area (Å²) in [5.74, 6) is 0.655. The summed E-state index contributed by atoms with van der Waals surface area (Å²) in [7, 11) is 0. The van der Waals surface area contributed by atoms with E-state index in [1.165, 1.54) is 12.8 Å². The fourth-order valence-electron chi connectivity index (χ4n) is 3.63. The van der Waals surface area contributed by atoms with E-state index in [0.29, 0.717) is 11.2 Å². The standard InChI is InChI=1S/C19H20N6O2/c26-15(25-9-7-19(5-6-19)8-10-25)12-21-18-24-23-17(27-18)16-20-11-13-3-1-2-4-14(13)22-16/h1-4,11H,5-10,12H2,(H,21,24). The molecule has 1 aliphatic heterocycles. The number of aromatic nitrogens is 4. The van der Waals surface area contributed by atoms with Crippen molar-refractivity contribution in [1.29, 1.82) is 0 Å². The Morgan fingerprint density at radius 3 is 2.78 bits per heavy atom. The van der Waals surface area contributed by atoms with Crippen LogP contribution in [0.3, 0.4) is 0 Å². The van der Waals surface area contributed by atoms with Gasteiger partial charge in [-0.05, 0) is 37.2 Å². The number of likely N-dealkylation sites (tertiary alicyclic amines) is 1. The number of carbonyl (C=O) groups is 1. The predicted octanol–water partition coefficient (Wildman–Crippen LogP) is 2.49. The van der Waals surface area contributed by atoms with E-state index >= 15 is 0 Å². The number of rotatable bonds is 4. The Balaban J connectivity index is 1.22. The number of para-hydroxylation sites is 1. The molecule has 1 spiro atoms. The first-order chi connectivity index (χ1) is 13.2. The van der Waals surface area contributed by atoms with Crippen LogP contribution in [-0.4, -0.2) is 50.6 Å². The zero-order chi connectivity index (χ0) is 18.3. The molecule has 3 aromatic rings. The first kappa shape index (κ1) is 16.2. The molecule has 1 aromatic carbocycles. The molecule has 0 unspecified atom stereocenters. The molecule has 2 fully saturated rings.